The van der Waals surface area contributed by atoms with Crippen molar-refractivity contribution < 1.29 is 0 Å². The van der Waals surface area contributed by atoms with Gasteiger partial charge in [-0.25, -0.2) is 4.98 Å². The van der Waals surface area contributed by atoms with Crippen molar-refractivity contribution in [2.45, 2.75) is 58.5 Å². The fraction of sp³-hybridized carbons (Fsp3) is 0.812. The molecule has 3 heteroatoms. The highest BCUT2D eigenvalue weighted by atomic mass is 15.1. The van der Waals surface area contributed by atoms with Crippen molar-refractivity contribution in [3.05, 3.63) is 18.2 Å². The predicted octanol–water partition coefficient (Wildman–Crippen LogP) is 3.54. The summed E-state index contributed by atoms with van der Waals surface area (Å²) in [7, 11) is 0. The van der Waals surface area contributed by atoms with Gasteiger partial charge in [-0.3, -0.25) is 0 Å². The summed E-state index contributed by atoms with van der Waals surface area (Å²) in [5, 5.41) is 0. The lowest BCUT2D eigenvalue weighted by Gasteiger charge is -2.31. The van der Waals surface area contributed by atoms with E-state index >= 15 is 0 Å². The van der Waals surface area contributed by atoms with Gasteiger partial charge in [0.05, 0.1) is 12.0 Å². The lowest BCUT2D eigenvalue weighted by atomic mass is 9.83. The Kier molecular flexibility index (Phi) is 3.42. The van der Waals surface area contributed by atoms with Gasteiger partial charge < -0.3 is 10.3 Å². The van der Waals surface area contributed by atoms with Gasteiger partial charge in [-0.05, 0) is 49.9 Å². The van der Waals surface area contributed by atoms with Gasteiger partial charge in [-0.1, -0.05) is 20.3 Å². The van der Waals surface area contributed by atoms with Crippen molar-refractivity contribution >= 4 is 0 Å². The summed E-state index contributed by atoms with van der Waals surface area (Å²) >= 11 is 0. The van der Waals surface area contributed by atoms with Gasteiger partial charge in [-0.2, -0.15) is 0 Å². The molecule has 3 rings (SSSR count). The second-order valence-corrected chi connectivity index (χ2v) is 7.07. The monoisotopic (exact) mass is 261 g/mol. The quantitative estimate of drug-likeness (QED) is 0.901. The van der Waals surface area contributed by atoms with Crippen LogP contribution in [0.15, 0.2) is 12.5 Å². The van der Waals surface area contributed by atoms with Crippen LogP contribution in [0, 0.1) is 23.7 Å². The fourth-order valence-electron chi connectivity index (χ4n) is 4.35. The van der Waals surface area contributed by atoms with E-state index in [9.17, 15) is 0 Å². The van der Waals surface area contributed by atoms with Crippen LogP contribution in [-0.2, 0) is 0 Å². The summed E-state index contributed by atoms with van der Waals surface area (Å²) in [4.78, 5) is 4.36. The number of nitrogens with two attached hydrogens (primary N) is 1. The Morgan fingerprint density at radius 1 is 1.26 bits per heavy atom. The molecule has 1 aromatic rings. The van der Waals surface area contributed by atoms with E-state index in [0.29, 0.717) is 12.0 Å². The molecule has 2 fully saturated rings. The third-order valence-corrected chi connectivity index (χ3v) is 5.61. The molecular formula is C16H27N3. The van der Waals surface area contributed by atoms with Crippen LogP contribution >= 0.6 is 0 Å². The maximum absolute atomic E-state index is 6.33. The van der Waals surface area contributed by atoms with Gasteiger partial charge in [0.1, 0.15) is 0 Å². The summed E-state index contributed by atoms with van der Waals surface area (Å²) in [6, 6.07) is 0.654. The number of rotatable bonds is 4. The molecule has 5 atom stereocenters. The number of hydrogen-bond acceptors (Lipinski definition) is 2. The number of imidazole rings is 1. The summed E-state index contributed by atoms with van der Waals surface area (Å²) in [6.45, 7) is 6.73. The molecule has 5 unspecified atom stereocenters. The molecule has 2 aliphatic rings. The zero-order valence-corrected chi connectivity index (χ0v) is 12.4. The molecular weight excluding hydrogens is 234 g/mol. The minimum Gasteiger partial charge on any atom is -0.330 e. The van der Waals surface area contributed by atoms with Gasteiger partial charge in [0.15, 0.2) is 0 Å². The smallest absolute Gasteiger partial charge is 0.0951 e. The zero-order chi connectivity index (χ0) is 13.6. The van der Waals surface area contributed by atoms with Crippen LogP contribution in [0.1, 0.15) is 64.2 Å². The lowest BCUT2D eigenvalue weighted by Crippen LogP contribution is -2.26. The van der Waals surface area contributed by atoms with E-state index in [1.54, 1.807) is 0 Å². The SMILES string of the molecule is CC(C)C(N)c1cncn1C(C)C1CC2CCC1C2. The molecule has 2 saturated carbocycles. The maximum Gasteiger partial charge on any atom is 0.0951 e. The summed E-state index contributed by atoms with van der Waals surface area (Å²) in [5.74, 6) is 3.25. The number of aromatic nitrogens is 2. The second-order valence-electron chi connectivity index (χ2n) is 7.07. The fourth-order valence-corrected chi connectivity index (χ4v) is 4.35. The van der Waals surface area contributed by atoms with Gasteiger partial charge in [0, 0.05) is 18.3 Å². The van der Waals surface area contributed by atoms with Crippen LogP contribution in [0.3, 0.4) is 0 Å². The van der Waals surface area contributed by atoms with E-state index in [0.717, 1.165) is 17.8 Å². The largest absolute Gasteiger partial charge is 0.330 e. The van der Waals surface area contributed by atoms with Gasteiger partial charge in [0.25, 0.3) is 0 Å². The molecule has 0 saturated heterocycles. The van der Waals surface area contributed by atoms with E-state index in [2.05, 4.69) is 30.3 Å². The molecule has 0 aromatic carbocycles. The third-order valence-electron chi connectivity index (χ3n) is 5.61. The molecule has 0 aliphatic heterocycles. The van der Waals surface area contributed by atoms with Crippen LogP contribution in [-0.4, -0.2) is 9.55 Å². The summed E-state index contributed by atoms with van der Waals surface area (Å²) < 4.78 is 2.36. The molecule has 2 aliphatic carbocycles. The Morgan fingerprint density at radius 3 is 2.63 bits per heavy atom. The first-order valence-electron chi connectivity index (χ1n) is 7.85. The average Bonchev–Trinajstić information content (AvgIpc) is 3.11. The molecule has 2 N–H and O–H groups in total. The first kappa shape index (κ1) is 13.2. The molecule has 0 spiro atoms. The predicted molar refractivity (Wildman–Crippen MR) is 77.6 cm³/mol. The maximum atomic E-state index is 6.33. The Labute approximate surface area is 116 Å². The van der Waals surface area contributed by atoms with Crippen LogP contribution in [0.5, 0.6) is 0 Å². The molecule has 0 amide bonds. The lowest BCUT2D eigenvalue weighted by molar-refractivity contribution is 0.236. The second kappa shape index (κ2) is 4.93. The third kappa shape index (κ3) is 2.22. The molecule has 1 heterocycles. The van der Waals surface area contributed by atoms with Crippen LogP contribution in [0.25, 0.3) is 0 Å². The van der Waals surface area contributed by atoms with Crippen molar-refractivity contribution in [1.29, 1.82) is 0 Å². The topological polar surface area (TPSA) is 43.8 Å². The highest BCUT2D eigenvalue weighted by molar-refractivity contribution is 5.08. The van der Waals surface area contributed by atoms with Crippen molar-refractivity contribution in [2.24, 2.45) is 29.4 Å². The molecule has 1 aromatic heterocycles. The normalized spacial score (nSPS) is 33.0. The van der Waals surface area contributed by atoms with Crippen LogP contribution in [0.2, 0.25) is 0 Å². The van der Waals surface area contributed by atoms with Gasteiger partial charge >= 0.3 is 0 Å². The van der Waals surface area contributed by atoms with Crippen molar-refractivity contribution in [3.63, 3.8) is 0 Å². The summed E-state index contributed by atoms with van der Waals surface area (Å²) in [6.07, 6.45) is 9.76. The van der Waals surface area contributed by atoms with E-state index in [1.165, 1.54) is 31.4 Å². The molecule has 0 radical (unpaired) electrons. The highest BCUT2D eigenvalue weighted by Gasteiger charge is 2.42. The van der Waals surface area contributed by atoms with E-state index in [1.807, 2.05) is 12.5 Å². The van der Waals surface area contributed by atoms with Gasteiger partial charge in [-0.15, -0.1) is 0 Å². The van der Waals surface area contributed by atoms with Crippen molar-refractivity contribution in [1.82, 2.24) is 9.55 Å². The van der Waals surface area contributed by atoms with Crippen LogP contribution < -0.4 is 5.73 Å². The number of fused-ring (bicyclic) bond motifs is 2. The van der Waals surface area contributed by atoms with E-state index < -0.39 is 0 Å². The number of nitrogens with zero attached hydrogens (tertiary/aromatic N) is 2. The Hall–Kier alpha value is -0.830. The standard InChI is InChI=1S/C16H27N3/c1-10(2)16(17)15-8-18-9-19(15)11(3)14-7-12-4-5-13(14)6-12/h8-14,16H,4-7,17H2,1-3H3. The molecule has 19 heavy (non-hydrogen) atoms. The first-order chi connectivity index (χ1) is 9.08. The van der Waals surface area contributed by atoms with E-state index in [4.69, 9.17) is 5.73 Å². The average molecular weight is 261 g/mol. The van der Waals surface area contributed by atoms with Crippen molar-refractivity contribution in [3.8, 4) is 0 Å². The van der Waals surface area contributed by atoms with Crippen LogP contribution in [0.4, 0.5) is 0 Å². The van der Waals surface area contributed by atoms with E-state index in [-0.39, 0.29) is 6.04 Å². The number of hydrogen-bond donors (Lipinski definition) is 1. The minimum atomic E-state index is 0.101. The first-order valence-corrected chi connectivity index (χ1v) is 7.85. The minimum absolute atomic E-state index is 0.101. The Morgan fingerprint density at radius 2 is 2.05 bits per heavy atom. The Bertz CT molecular complexity index is 437. The summed E-state index contributed by atoms with van der Waals surface area (Å²) in [5.41, 5.74) is 7.55. The molecule has 2 bridgehead atoms. The zero-order valence-electron chi connectivity index (χ0n) is 12.4. The molecule has 3 nitrogen and oxygen atoms in total. The Balaban J connectivity index is 1.80. The van der Waals surface area contributed by atoms with Gasteiger partial charge in [0.2, 0.25) is 0 Å². The molecule has 106 valence electrons. The van der Waals surface area contributed by atoms with Crippen molar-refractivity contribution in [2.75, 3.05) is 0 Å². The highest BCUT2D eigenvalue weighted by Crippen LogP contribution is 2.52.